The van der Waals surface area contributed by atoms with Crippen LogP contribution in [0.1, 0.15) is 45.4 Å². The van der Waals surface area contributed by atoms with E-state index in [1.807, 2.05) is 0 Å². The third-order valence-electron chi connectivity index (χ3n) is 11.2. The molecule has 5 atom stereocenters. The Hall–Kier alpha value is -7.70. The van der Waals surface area contributed by atoms with Gasteiger partial charge in [0.2, 0.25) is 23.6 Å². The molecule has 0 spiro atoms. The quantitative estimate of drug-likeness (QED) is 0.0695. The molecule has 0 saturated carbocycles. The molecule has 2 heterocycles. The summed E-state index contributed by atoms with van der Waals surface area (Å²) in [7, 11) is 0. The largest absolute Gasteiger partial charge is 0.484 e. The van der Waals surface area contributed by atoms with Gasteiger partial charge in [-0.3, -0.25) is 24.0 Å². The lowest BCUT2D eigenvalue weighted by molar-refractivity contribution is -0.142. The van der Waals surface area contributed by atoms with E-state index >= 15 is 0 Å². The summed E-state index contributed by atoms with van der Waals surface area (Å²) in [6, 6.07) is 23.4. The fourth-order valence-electron chi connectivity index (χ4n) is 7.46. The summed E-state index contributed by atoms with van der Waals surface area (Å²) in [5, 5.41) is 23.0. The Morgan fingerprint density at radius 2 is 1.07 bits per heavy atom. The molecular formula is C50H47F6N5O8. The van der Waals surface area contributed by atoms with Crippen LogP contribution in [-0.2, 0) is 73.2 Å². The summed E-state index contributed by atoms with van der Waals surface area (Å²) < 4.78 is 86.1. The minimum Gasteiger partial charge on any atom is -0.484 e. The van der Waals surface area contributed by atoms with Crippen molar-refractivity contribution in [1.29, 1.82) is 0 Å². The van der Waals surface area contributed by atoms with Crippen LogP contribution in [0.2, 0.25) is 0 Å². The number of carboxylic acid groups (broad SMARTS) is 1. The first-order valence-corrected chi connectivity index (χ1v) is 21.7. The highest BCUT2D eigenvalue weighted by atomic mass is 19.4. The predicted octanol–water partition coefficient (Wildman–Crippen LogP) is 5.53. The van der Waals surface area contributed by atoms with Gasteiger partial charge in [-0.1, -0.05) is 97.1 Å². The molecule has 0 radical (unpaired) electrons. The maximum absolute atomic E-state index is 14.5. The zero-order valence-electron chi connectivity index (χ0n) is 36.6. The van der Waals surface area contributed by atoms with E-state index in [0.29, 0.717) is 22.3 Å². The lowest BCUT2D eigenvalue weighted by atomic mass is 9.99. The van der Waals surface area contributed by atoms with Gasteiger partial charge < -0.3 is 36.4 Å². The Morgan fingerprint density at radius 3 is 1.61 bits per heavy atom. The SMILES string of the molecule is O=C1COc2ccc(cc2)CC(C(=O)NC(Cc2ccccc2)C(=O)O)NC(=O)C(CCc2ccc(C(F)(F)F)cc2)NC(=O)C(Cc2ccccc2)NC(=O)C(Cc2ccc(C(F)(F)F)cc2)N1. The second-order valence-corrected chi connectivity index (χ2v) is 16.4. The fourth-order valence-corrected chi connectivity index (χ4v) is 7.46. The van der Waals surface area contributed by atoms with Gasteiger partial charge in [0.1, 0.15) is 36.0 Å². The summed E-state index contributed by atoms with van der Waals surface area (Å²) in [5.74, 6) is -5.74. The maximum Gasteiger partial charge on any atom is 0.416 e. The molecule has 5 unspecified atom stereocenters. The Bertz CT molecular complexity index is 2560. The van der Waals surface area contributed by atoms with Gasteiger partial charge in [0.25, 0.3) is 5.91 Å². The average molecular weight is 960 g/mol. The smallest absolute Gasteiger partial charge is 0.416 e. The van der Waals surface area contributed by atoms with E-state index < -0.39 is 95.8 Å². The minimum absolute atomic E-state index is 0.0794. The summed E-state index contributed by atoms with van der Waals surface area (Å²) in [5.41, 5.74) is 0.248. The van der Waals surface area contributed by atoms with E-state index in [1.54, 1.807) is 60.7 Å². The van der Waals surface area contributed by atoms with Crippen LogP contribution in [0.5, 0.6) is 5.75 Å². The van der Waals surface area contributed by atoms with Crippen LogP contribution in [0.4, 0.5) is 26.3 Å². The van der Waals surface area contributed by atoms with Crippen molar-refractivity contribution >= 4 is 35.5 Å². The monoisotopic (exact) mass is 959 g/mol. The number of benzene rings is 5. The second kappa shape index (κ2) is 22.9. The Morgan fingerprint density at radius 1 is 0.594 bits per heavy atom. The number of alkyl halides is 6. The number of ether oxygens (including phenoxy) is 1. The van der Waals surface area contributed by atoms with E-state index in [-0.39, 0.29) is 49.8 Å². The second-order valence-electron chi connectivity index (χ2n) is 16.4. The van der Waals surface area contributed by atoms with Crippen molar-refractivity contribution in [2.75, 3.05) is 6.61 Å². The van der Waals surface area contributed by atoms with Crippen molar-refractivity contribution in [2.45, 2.75) is 81.1 Å². The number of carbonyl (C=O) groups is 6. The van der Waals surface area contributed by atoms with Crippen molar-refractivity contribution in [3.8, 4) is 5.75 Å². The van der Waals surface area contributed by atoms with E-state index in [4.69, 9.17) is 4.74 Å². The van der Waals surface area contributed by atoms with Crippen LogP contribution in [-0.4, -0.2) is 77.4 Å². The molecular weight excluding hydrogens is 913 g/mol. The molecule has 69 heavy (non-hydrogen) atoms. The molecule has 0 aliphatic carbocycles. The van der Waals surface area contributed by atoms with Gasteiger partial charge in [0.15, 0.2) is 6.61 Å². The van der Waals surface area contributed by atoms with Gasteiger partial charge in [-0.15, -0.1) is 0 Å². The van der Waals surface area contributed by atoms with Crippen LogP contribution in [0.3, 0.4) is 0 Å². The lowest BCUT2D eigenvalue weighted by Crippen LogP contribution is -2.60. The molecule has 13 nitrogen and oxygen atoms in total. The number of carbonyl (C=O) groups excluding carboxylic acids is 5. The van der Waals surface area contributed by atoms with E-state index in [1.165, 1.54) is 36.4 Å². The molecule has 2 aliphatic heterocycles. The molecule has 0 saturated heterocycles. The van der Waals surface area contributed by atoms with Gasteiger partial charge in [-0.05, 0) is 77.1 Å². The molecule has 2 bridgehead atoms. The highest BCUT2D eigenvalue weighted by Gasteiger charge is 2.35. The van der Waals surface area contributed by atoms with Gasteiger partial charge >= 0.3 is 18.3 Å². The summed E-state index contributed by atoms with van der Waals surface area (Å²) >= 11 is 0. The summed E-state index contributed by atoms with van der Waals surface area (Å²) in [6.07, 6.45) is -10.5. The van der Waals surface area contributed by atoms with Gasteiger partial charge in [0, 0.05) is 25.7 Å². The maximum atomic E-state index is 14.5. The number of carboxylic acids is 1. The third kappa shape index (κ3) is 15.2. The Kier molecular flexibility index (Phi) is 16.8. The first kappa shape index (κ1) is 50.7. The van der Waals surface area contributed by atoms with Crippen molar-refractivity contribution in [3.63, 3.8) is 0 Å². The molecule has 0 aromatic heterocycles. The molecule has 0 fully saturated rings. The number of aryl methyl sites for hydroxylation is 1. The molecule has 19 heteroatoms. The van der Waals surface area contributed by atoms with Crippen LogP contribution in [0.15, 0.2) is 133 Å². The van der Waals surface area contributed by atoms with Crippen LogP contribution in [0.25, 0.3) is 0 Å². The number of hydrogen-bond donors (Lipinski definition) is 6. The molecule has 5 aromatic rings. The summed E-state index contributed by atoms with van der Waals surface area (Å²) in [4.78, 5) is 83.1. The van der Waals surface area contributed by atoms with Crippen LogP contribution >= 0.6 is 0 Å². The highest BCUT2D eigenvalue weighted by Crippen LogP contribution is 2.30. The normalized spacial score (nSPS) is 19.0. The number of nitrogens with one attached hydrogen (secondary N) is 5. The van der Waals surface area contributed by atoms with E-state index in [0.717, 1.165) is 36.4 Å². The number of amides is 5. The van der Waals surface area contributed by atoms with Gasteiger partial charge in [0.05, 0.1) is 11.1 Å². The zero-order chi connectivity index (χ0) is 49.7. The predicted molar refractivity (Wildman–Crippen MR) is 238 cm³/mol. The first-order chi connectivity index (χ1) is 32.8. The van der Waals surface area contributed by atoms with Crippen molar-refractivity contribution < 1.29 is 65.0 Å². The van der Waals surface area contributed by atoms with Crippen LogP contribution < -0.4 is 31.3 Å². The molecule has 2 aliphatic rings. The molecule has 6 N–H and O–H groups in total. The van der Waals surface area contributed by atoms with Gasteiger partial charge in [-0.2, -0.15) is 26.3 Å². The van der Waals surface area contributed by atoms with Crippen molar-refractivity contribution in [2.24, 2.45) is 0 Å². The molecule has 5 amide bonds. The van der Waals surface area contributed by atoms with E-state index in [2.05, 4.69) is 26.6 Å². The number of fused-ring (bicyclic) bond motifs is 16. The number of aliphatic carboxylic acids is 1. The number of rotatable bonds is 12. The lowest BCUT2D eigenvalue weighted by Gasteiger charge is -2.27. The topological polar surface area (TPSA) is 192 Å². The number of hydrogen-bond acceptors (Lipinski definition) is 7. The fraction of sp³-hybridized carbons (Fsp3) is 0.280. The standard InChI is InChI=1S/C50H47F6N5O8/c51-49(52,53)35-18-11-30(12-19-35)17-24-38-44(63)59-41(47(66)61-42(48(67)68)28-32-9-5-2-6-10-32)27-34-15-22-37(23-16-34)69-29-43(62)57-39(26-33-13-20-36(21-14-33)50(54,55)56)45(64)60-40(46(65)58-38)25-31-7-3-1-4-8-31/h1-16,18-23,38-42H,17,24-29H2,(H,57,62)(H,58,65)(H,59,63)(H,60,64)(H,61,66)(H,67,68). The van der Waals surface area contributed by atoms with Gasteiger partial charge in [-0.25, -0.2) is 4.79 Å². The third-order valence-corrected chi connectivity index (χ3v) is 11.2. The Balaban J connectivity index is 1.36. The summed E-state index contributed by atoms with van der Waals surface area (Å²) in [6.45, 7) is -0.635. The average Bonchev–Trinajstić information content (AvgIpc) is 3.31. The van der Waals surface area contributed by atoms with Crippen molar-refractivity contribution in [1.82, 2.24) is 26.6 Å². The van der Waals surface area contributed by atoms with Crippen LogP contribution in [0, 0.1) is 0 Å². The zero-order valence-corrected chi connectivity index (χ0v) is 36.6. The first-order valence-electron chi connectivity index (χ1n) is 21.7. The Labute approximate surface area is 392 Å². The van der Waals surface area contributed by atoms with E-state index in [9.17, 15) is 60.2 Å². The van der Waals surface area contributed by atoms with Crippen molar-refractivity contribution in [3.05, 3.63) is 172 Å². The molecule has 5 aromatic carbocycles. The number of halogens is 6. The minimum atomic E-state index is -4.65. The highest BCUT2D eigenvalue weighted by molar-refractivity contribution is 5.96. The molecule has 362 valence electrons. The molecule has 7 rings (SSSR count).